The number of benzene rings is 2. The van der Waals surface area contributed by atoms with Gasteiger partial charge in [-0.3, -0.25) is 4.79 Å². The zero-order valence-electron chi connectivity index (χ0n) is 15.1. The number of anilines is 2. The Morgan fingerprint density at radius 3 is 2.63 bits per heavy atom. The van der Waals surface area contributed by atoms with Crippen LogP contribution in [0.25, 0.3) is 22.0 Å². The van der Waals surface area contributed by atoms with E-state index in [-0.39, 0.29) is 11.4 Å². The molecule has 0 saturated heterocycles. The third kappa shape index (κ3) is 2.31. The van der Waals surface area contributed by atoms with Crippen molar-refractivity contribution in [2.24, 2.45) is 7.05 Å². The number of H-pyrrole nitrogens is 1. The highest BCUT2D eigenvalue weighted by atomic mass is 19.1. The molecule has 3 heterocycles. The fourth-order valence-electron chi connectivity index (χ4n) is 3.97. The topological polar surface area (TPSA) is 41.0 Å². The Labute approximate surface area is 155 Å². The van der Waals surface area contributed by atoms with Gasteiger partial charge in [0.1, 0.15) is 11.3 Å². The molecule has 0 atom stereocenters. The predicted molar refractivity (Wildman–Crippen MR) is 106 cm³/mol. The van der Waals surface area contributed by atoms with Crippen LogP contribution in [0.15, 0.2) is 59.7 Å². The van der Waals surface area contributed by atoms with Gasteiger partial charge in [0, 0.05) is 47.3 Å². The molecule has 0 bridgehead atoms. The molecule has 4 nitrogen and oxygen atoms in total. The highest BCUT2D eigenvalue weighted by Crippen LogP contribution is 2.43. The van der Waals surface area contributed by atoms with Gasteiger partial charge in [0.05, 0.1) is 6.54 Å². The average molecular weight is 359 g/mol. The van der Waals surface area contributed by atoms with Crippen molar-refractivity contribution in [1.29, 1.82) is 0 Å². The lowest BCUT2D eigenvalue weighted by Crippen LogP contribution is -2.16. The fourth-order valence-corrected chi connectivity index (χ4v) is 3.97. The van der Waals surface area contributed by atoms with Crippen molar-refractivity contribution < 1.29 is 4.39 Å². The number of aryl methyl sites for hydroxylation is 2. The molecular weight excluding hydrogens is 341 g/mol. The molecular formula is C22H18FN3O. The quantitative estimate of drug-likeness (QED) is 0.538. The first-order valence-corrected chi connectivity index (χ1v) is 8.86. The predicted octanol–water partition coefficient (Wildman–Crippen LogP) is 4.63. The SMILES string of the molecule is Cc1ccc2c(c1)-c1cn(C)c(=O)c3[nH]cc(c13)CN2c1ccc(F)cc1. The summed E-state index contributed by atoms with van der Waals surface area (Å²) in [6.45, 7) is 2.66. The van der Waals surface area contributed by atoms with Gasteiger partial charge in [-0.2, -0.15) is 0 Å². The molecule has 1 aliphatic rings. The van der Waals surface area contributed by atoms with E-state index in [9.17, 15) is 9.18 Å². The van der Waals surface area contributed by atoms with Crippen LogP contribution in [0.2, 0.25) is 0 Å². The Morgan fingerprint density at radius 1 is 1.07 bits per heavy atom. The van der Waals surface area contributed by atoms with Crippen LogP contribution in [0.3, 0.4) is 0 Å². The van der Waals surface area contributed by atoms with Crippen LogP contribution >= 0.6 is 0 Å². The molecule has 1 aliphatic heterocycles. The van der Waals surface area contributed by atoms with Gasteiger partial charge in [-0.25, -0.2) is 4.39 Å². The van der Waals surface area contributed by atoms with Gasteiger partial charge >= 0.3 is 0 Å². The number of hydrogen-bond donors (Lipinski definition) is 1. The molecule has 0 spiro atoms. The second-order valence-electron chi connectivity index (χ2n) is 7.11. The number of hydrogen-bond acceptors (Lipinski definition) is 2. The number of aromatic nitrogens is 2. The van der Waals surface area contributed by atoms with Crippen LogP contribution < -0.4 is 10.5 Å². The average Bonchev–Trinajstić information content (AvgIpc) is 3.02. The molecule has 0 radical (unpaired) electrons. The summed E-state index contributed by atoms with van der Waals surface area (Å²) in [5, 5.41) is 0.967. The van der Waals surface area contributed by atoms with E-state index in [1.165, 1.54) is 12.1 Å². The molecule has 134 valence electrons. The van der Waals surface area contributed by atoms with Gasteiger partial charge in [0.25, 0.3) is 5.56 Å². The zero-order chi connectivity index (χ0) is 18.7. The van der Waals surface area contributed by atoms with Crippen molar-refractivity contribution in [3.8, 4) is 11.1 Å². The highest BCUT2D eigenvalue weighted by Gasteiger charge is 2.25. The summed E-state index contributed by atoms with van der Waals surface area (Å²) >= 11 is 0. The lowest BCUT2D eigenvalue weighted by Gasteiger charge is -2.26. The van der Waals surface area contributed by atoms with Gasteiger partial charge in [-0.15, -0.1) is 0 Å². The molecule has 0 saturated carbocycles. The molecule has 0 aliphatic carbocycles. The molecule has 27 heavy (non-hydrogen) atoms. The van der Waals surface area contributed by atoms with Gasteiger partial charge in [-0.1, -0.05) is 11.6 Å². The van der Waals surface area contributed by atoms with Gasteiger partial charge in [-0.05, 0) is 48.9 Å². The molecule has 0 amide bonds. The molecule has 4 aromatic rings. The number of pyridine rings is 1. The van der Waals surface area contributed by atoms with E-state index in [2.05, 4.69) is 35.0 Å². The van der Waals surface area contributed by atoms with E-state index in [4.69, 9.17) is 0 Å². The van der Waals surface area contributed by atoms with Crippen molar-refractivity contribution in [3.05, 3.63) is 82.2 Å². The van der Waals surface area contributed by atoms with Crippen LogP contribution in [-0.4, -0.2) is 9.55 Å². The molecule has 2 aromatic carbocycles. The second-order valence-corrected chi connectivity index (χ2v) is 7.11. The molecule has 1 N–H and O–H groups in total. The first-order valence-electron chi connectivity index (χ1n) is 8.86. The van der Waals surface area contributed by atoms with E-state index in [1.54, 1.807) is 23.7 Å². The molecule has 5 rings (SSSR count). The Bertz CT molecular complexity index is 1250. The minimum atomic E-state index is -0.256. The third-order valence-corrected chi connectivity index (χ3v) is 5.29. The van der Waals surface area contributed by atoms with Crippen LogP contribution in [0.4, 0.5) is 15.8 Å². The Hall–Kier alpha value is -3.34. The summed E-state index contributed by atoms with van der Waals surface area (Å²) in [5.74, 6) is -0.256. The van der Waals surface area contributed by atoms with Crippen LogP contribution in [-0.2, 0) is 13.6 Å². The minimum absolute atomic E-state index is 0.0376. The number of halogens is 1. The van der Waals surface area contributed by atoms with E-state index in [0.717, 1.165) is 39.0 Å². The van der Waals surface area contributed by atoms with Crippen molar-refractivity contribution in [1.82, 2.24) is 9.55 Å². The van der Waals surface area contributed by atoms with Crippen molar-refractivity contribution in [2.75, 3.05) is 4.90 Å². The van der Waals surface area contributed by atoms with Crippen LogP contribution in [0.5, 0.6) is 0 Å². The summed E-state index contributed by atoms with van der Waals surface area (Å²) < 4.78 is 15.1. The summed E-state index contributed by atoms with van der Waals surface area (Å²) in [5.41, 5.74) is 6.84. The number of rotatable bonds is 1. The Kier molecular flexibility index (Phi) is 3.28. The number of aromatic amines is 1. The van der Waals surface area contributed by atoms with Crippen LogP contribution in [0.1, 0.15) is 11.1 Å². The normalized spacial score (nSPS) is 12.9. The second kappa shape index (κ2) is 5.58. The maximum atomic E-state index is 13.5. The summed E-state index contributed by atoms with van der Waals surface area (Å²) in [6, 6.07) is 12.9. The van der Waals surface area contributed by atoms with Gasteiger partial charge in [0.15, 0.2) is 0 Å². The van der Waals surface area contributed by atoms with E-state index >= 15 is 0 Å². The Morgan fingerprint density at radius 2 is 1.85 bits per heavy atom. The molecule has 0 fully saturated rings. The van der Waals surface area contributed by atoms with Crippen molar-refractivity contribution in [2.45, 2.75) is 13.5 Å². The number of nitrogens with one attached hydrogen (secondary N) is 1. The number of nitrogens with zero attached hydrogens (tertiary/aromatic N) is 2. The van der Waals surface area contributed by atoms with E-state index in [0.29, 0.717) is 12.1 Å². The number of fused-ring (bicyclic) bond motifs is 2. The maximum absolute atomic E-state index is 13.5. The lowest BCUT2D eigenvalue weighted by atomic mass is 9.99. The summed E-state index contributed by atoms with van der Waals surface area (Å²) in [6.07, 6.45) is 3.82. The lowest BCUT2D eigenvalue weighted by molar-refractivity contribution is 0.627. The Balaban J connectivity index is 1.87. The monoisotopic (exact) mass is 359 g/mol. The third-order valence-electron chi connectivity index (χ3n) is 5.29. The van der Waals surface area contributed by atoms with Crippen molar-refractivity contribution in [3.63, 3.8) is 0 Å². The zero-order valence-corrected chi connectivity index (χ0v) is 15.1. The van der Waals surface area contributed by atoms with E-state index < -0.39 is 0 Å². The first kappa shape index (κ1) is 15.9. The summed E-state index contributed by atoms with van der Waals surface area (Å²) in [7, 11) is 1.77. The van der Waals surface area contributed by atoms with Gasteiger partial charge in [0.2, 0.25) is 0 Å². The smallest absolute Gasteiger partial charge is 0.274 e. The van der Waals surface area contributed by atoms with Crippen LogP contribution in [0, 0.1) is 12.7 Å². The maximum Gasteiger partial charge on any atom is 0.274 e. The standard InChI is InChI=1S/C22H18FN3O/c1-13-3-8-19-17(9-13)18-12-25(2)22(27)21-20(18)14(10-24-21)11-26(19)16-6-4-15(23)5-7-16/h3-10,12,24H,11H2,1-2H3. The van der Waals surface area contributed by atoms with Gasteiger partial charge < -0.3 is 14.5 Å². The van der Waals surface area contributed by atoms with E-state index in [1.807, 2.05) is 12.4 Å². The van der Waals surface area contributed by atoms with Crippen molar-refractivity contribution >= 4 is 22.3 Å². The molecule has 5 heteroatoms. The summed E-state index contributed by atoms with van der Waals surface area (Å²) in [4.78, 5) is 17.9. The molecule has 2 aromatic heterocycles. The fraction of sp³-hybridized carbons (Fsp3) is 0.136. The highest BCUT2D eigenvalue weighted by molar-refractivity contribution is 6.02. The minimum Gasteiger partial charge on any atom is -0.356 e. The largest absolute Gasteiger partial charge is 0.356 e. The first-order chi connectivity index (χ1) is 13.0. The molecule has 0 unspecified atom stereocenters.